The third-order valence-electron chi connectivity index (χ3n) is 3.53. The van der Waals surface area contributed by atoms with E-state index in [0.717, 1.165) is 11.1 Å². The van der Waals surface area contributed by atoms with E-state index < -0.39 is 0 Å². The topological polar surface area (TPSA) is 42.0 Å². The van der Waals surface area contributed by atoms with Crippen LogP contribution >= 0.6 is 0 Å². The molecule has 2 aromatic carbocycles. The summed E-state index contributed by atoms with van der Waals surface area (Å²) >= 11 is 0. The normalized spacial score (nSPS) is 11.7. The molecule has 4 heteroatoms. The van der Waals surface area contributed by atoms with Crippen LogP contribution in [0, 0.1) is 5.82 Å². The smallest absolute Gasteiger partial charge is 0.252 e. The van der Waals surface area contributed by atoms with Gasteiger partial charge in [-0.05, 0) is 41.5 Å². The number of nitrogens with zero attached hydrogens (tertiary/aromatic N) is 1. The quantitative estimate of drug-likeness (QED) is 0.798. The summed E-state index contributed by atoms with van der Waals surface area (Å²) in [6.07, 6.45) is 3.41. The summed E-state index contributed by atoms with van der Waals surface area (Å²) in [5.41, 5.74) is 2.25. The molecule has 114 valence electrons. The molecule has 1 heterocycles. The fraction of sp³-hybridized carbons (Fsp3) is 0.0526. The first-order valence-corrected chi connectivity index (χ1v) is 7.25. The Morgan fingerprint density at radius 1 is 0.913 bits per heavy atom. The number of carbonyl (C=O) groups excluding carboxylic acids is 1. The highest BCUT2D eigenvalue weighted by Gasteiger charge is 2.17. The summed E-state index contributed by atoms with van der Waals surface area (Å²) in [6.45, 7) is 0. The van der Waals surface area contributed by atoms with E-state index in [2.05, 4.69) is 10.3 Å². The number of hydrogen-bond acceptors (Lipinski definition) is 2. The Bertz CT molecular complexity index is 734. The van der Waals surface area contributed by atoms with Crippen LogP contribution in [0.2, 0.25) is 0 Å². The van der Waals surface area contributed by atoms with Gasteiger partial charge in [-0.3, -0.25) is 9.78 Å². The molecular formula is C19H15FN2O. The van der Waals surface area contributed by atoms with Crippen LogP contribution in [0.1, 0.15) is 27.5 Å². The van der Waals surface area contributed by atoms with Gasteiger partial charge in [0.1, 0.15) is 5.82 Å². The van der Waals surface area contributed by atoms with Crippen molar-refractivity contribution in [3.8, 4) is 0 Å². The lowest BCUT2D eigenvalue weighted by molar-refractivity contribution is 0.0943. The first-order chi connectivity index (χ1) is 11.2. The molecule has 0 fully saturated rings. The highest BCUT2D eigenvalue weighted by molar-refractivity contribution is 5.94. The minimum atomic E-state index is -0.367. The second kappa shape index (κ2) is 6.83. The molecule has 3 nitrogen and oxygen atoms in total. The average Bonchev–Trinajstić information content (AvgIpc) is 2.61. The molecule has 0 aliphatic heterocycles. The molecule has 3 rings (SSSR count). The third-order valence-corrected chi connectivity index (χ3v) is 3.53. The maximum absolute atomic E-state index is 13.0. The Morgan fingerprint density at radius 3 is 2.26 bits per heavy atom. The molecule has 0 radical (unpaired) electrons. The van der Waals surface area contributed by atoms with E-state index in [4.69, 9.17) is 0 Å². The van der Waals surface area contributed by atoms with Crippen LogP contribution in [0.4, 0.5) is 4.39 Å². The van der Waals surface area contributed by atoms with Crippen molar-refractivity contribution in [2.75, 3.05) is 0 Å². The predicted octanol–water partition coefficient (Wildman–Crippen LogP) is 3.74. The van der Waals surface area contributed by atoms with Crippen LogP contribution in [0.3, 0.4) is 0 Å². The third kappa shape index (κ3) is 3.61. The van der Waals surface area contributed by atoms with Crippen LogP contribution in [0.25, 0.3) is 0 Å². The lowest BCUT2D eigenvalue weighted by Gasteiger charge is -2.19. The van der Waals surface area contributed by atoms with Crippen molar-refractivity contribution in [1.82, 2.24) is 10.3 Å². The first-order valence-electron chi connectivity index (χ1n) is 7.25. The van der Waals surface area contributed by atoms with E-state index >= 15 is 0 Å². The minimum absolute atomic E-state index is 0.261. The van der Waals surface area contributed by atoms with E-state index in [0.29, 0.717) is 5.56 Å². The monoisotopic (exact) mass is 306 g/mol. The number of carbonyl (C=O) groups is 1. The Hall–Kier alpha value is -3.01. The van der Waals surface area contributed by atoms with Crippen LogP contribution in [-0.2, 0) is 0 Å². The number of hydrogen-bond donors (Lipinski definition) is 1. The van der Waals surface area contributed by atoms with Crippen LogP contribution in [-0.4, -0.2) is 10.9 Å². The number of nitrogens with one attached hydrogen (secondary N) is 1. The van der Waals surface area contributed by atoms with Crippen molar-refractivity contribution in [2.24, 2.45) is 0 Å². The standard InChI is InChI=1S/C19H15FN2O/c20-17-10-8-15(9-11-17)19(23)22-18(14-5-2-1-3-6-14)16-7-4-12-21-13-16/h1-13,18H,(H,22,23)/t18-/m1/s1. The highest BCUT2D eigenvalue weighted by Crippen LogP contribution is 2.21. The van der Waals surface area contributed by atoms with Gasteiger partial charge in [-0.25, -0.2) is 4.39 Å². The second-order valence-corrected chi connectivity index (χ2v) is 5.11. The summed E-state index contributed by atoms with van der Waals surface area (Å²) in [7, 11) is 0. The molecule has 0 saturated carbocycles. The van der Waals surface area contributed by atoms with E-state index in [1.54, 1.807) is 12.4 Å². The number of rotatable bonds is 4. The molecule has 1 amide bonds. The number of halogens is 1. The molecule has 3 aromatic rings. The Labute approximate surface area is 133 Å². The largest absolute Gasteiger partial charge is 0.341 e. The average molecular weight is 306 g/mol. The van der Waals surface area contributed by atoms with Gasteiger partial charge in [0, 0.05) is 18.0 Å². The van der Waals surface area contributed by atoms with Crippen molar-refractivity contribution in [3.05, 3.63) is 102 Å². The van der Waals surface area contributed by atoms with Gasteiger partial charge in [0.15, 0.2) is 0 Å². The molecule has 0 aliphatic rings. The number of aromatic nitrogens is 1. The van der Waals surface area contributed by atoms with Gasteiger partial charge in [0.05, 0.1) is 6.04 Å². The maximum Gasteiger partial charge on any atom is 0.252 e. The Morgan fingerprint density at radius 2 is 1.61 bits per heavy atom. The van der Waals surface area contributed by atoms with Gasteiger partial charge in [0.2, 0.25) is 0 Å². The summed E-state index contributed by atoms with van der Waals surface area (Å²) < 4.78 is 13.0. The molecule has 0 bridgehead atoms. The van der Waals surface area contributed by atoms with Crippen molar-refractivity contribution in [2.45, 2.75) is 6.04 Å². The van der Waals surface area contributed by atoms with Crippen molar-refractivity contribution < 1.29 is 9.18 Å². The van der Waals surface area contributed by atoms with Gasteiger partial charge >= 0.3 is 0 Å². The first kappa shape index (κ1) is 14.9. The Kier molecular flexibility index (Phi) is 4.43. The zero-order chi connectivity index (χ0) is 16.1. The zero-order valence-electron chi connectivity index (χ0n) is 12.3. The molecule has 1 N–H and O–H groups in total. The van der Waals surface area contributed by atoms with Crippen LogP contribution in [0.15, 0.2) is 79.1 Å². The van der Waals surface area contributed by atoms with E-state index in [9.17, 15) is 9.18 Å². The lowest BCUT2D eigenvalue weighted by atomic mass is 9.99. The van der Waals surface area contributed by atoms with Gasteiger partial charge in [0.25, 0.3) is 5.91 Å². The zero-order valence-corrected chi connectivity index (χ0v) is 12.3. The summed E-state index contributed by atoms with van der Waals surface area (Å²) in [6, 6.07) is 18.6. The van der Waals surface area contributed by atoms with Crippen molar-refractivity contribution in [1.29, 1.82) is 0 Å². The summed E-state index contributed by atoms with van der Waals surface area (Å²) in [5, 5.41) is 2.98. The number of benzene rings is 2. The Balaban J connectivity index is 1.90. The molecule has 1 atom stereocenters. The second-order valence-electron chi connectivity index (χ2n) is 5.11. The number of amides is 1. The molecular weight excluding hydrogens is 291 g/mol. The van der Waals surface area contributed by atoms with Gasteiger partial charge in [-0.1, -0.05) is 36.4 Å². The molecule has 0 unspecified atom stereocenters. The van der Waals surface area contributed by atoms with Gasteiger partial charge < -0.3 is 5.32 Å². The fourth-order valence-corrected chi connectivity index (χ4v) is 2.37. The highest BCUT2D eigenvalue weighted by atomic mass is 19.1. The molecule has 1 aromatic heterocycles. The minimum Gasteiger partial charge on any atom is -0.341 e. The van der Waals surface area contributed by atoms with Crippen LogP contribution < -0.4 is 5.32 Å². The van der Waals surface area contributed by atoms with Gasteiger partial charge in [-0.15, -0.1) is 0 Å². The SMILES string of the molecule is O=C(N[C@H](c1ccccc1)c1cccnc1)c1ccc(F)cc1. The van der Waals surface area contributed by atoms with Crippen LogP contribution in [0.5, 0.6) is 0 Å². The van der Waals surface area contributed by atoms with Gasteiger partial charge in [-0.2, -0.15) is 0 Å². The van der Waals surface area contributed by atoms with Crippen molar-refractivity contribution in [3.63, 3.8) is 0 Å². The molecule has 0 spiro atoms. The fourth-order valence-electron chi connectivity index (χ4n) is 2.37. The molecule has 0 saturated heterocycles. The summed E-state index contributed by atoms with van der Waals surface area (Å²) in [4.78, 5) is 16.6. The molecule has 0 aliphatic carbocycles. The maximum atomic E-state index is 13.0. The predicted molar refractivity (Wildman–Crippen MR) is 86.4 cm³/mol. The van der Waals surface area contributed by atoms with Crippen molar-refractivity contribution >= 4 is 5.91 Å². The molecule has 23 heavy (non-hydrogen) atoms. The lowest BCUT2D eigenvalue weighted by Crippen LogP contribution is -2.29. The van der Waals surface area contributed by atoms with E-state index in [1.807, 2.05) is 42.5 Å². The number of pyridine rings is 1. The van der Waals surface area contributed by atoms with E-state index in [1.165, 1.54) is 24.3 Å². The van der Waals surface area contributed by atoms with E-state index in [-0.39, 0.29) is 17.8 Å². The summed E-state index contributed by atoms with van der Waals surface area (Å²) in [5.74, 6) is -0.629.